The van der Waals surface area contributed by atoms with Crippen molar-refractivity contribution in [3.63, 3.8) is 0 Å². The smallest absolute Gasteiger partial charge is 0.260 e. The Hall–Kier alpha value is -1.75. The standard InChI is InChI=1S/C22H30N2O2S/c1-5-15(3)23-21(25)17-10-11-19-18(12-17)24(4)22(26)20(27-19)13-16-9-7-6-8-14(16)2/h6-9,13,15,17-19H,5,10-12H2,1-4H3,(H,23,25)/b20-13-. The number of nitrogens with zero attached hydrogens (tertiary/aromatic N) is 1. The first-order valence-corrected chi connectivity index (χ1v) is 10.8. The summed E-state index contributed by atoms with van der Waals surface area (Å²) in [6, 6.07) is 8.49. The number of carbonyl (C=O) groups is 2. The highest BCUT2D eigenvalue weighted by Crippen LogP contribution is 2.43. The number of amides is 2. The van der Waals surface area contributed by atoms with Crippen molar-refractivity contribution in [2.24, 2.45) is 5.92 Å². The molecule has 2 aliphatic rings. The summed E-state index contributed by atoms with van der Waals surface area (Å²) in [7, 11) is 1.89. The monoisotopic (exact) mass is 386 g/mol. The van der Waals surface area contributed by atoms with Gasteiger partial charge in [0.25, 0.3) is 5.91 Å². The van der Waals surface area contributed by atoms with Crippen LogP contribution in [0.25, 0.3) is 6.08 Å². The summed E-state index contributed by atoms with van der Waals surface area (Å²) in [5.41, 5.74) is 2.27. The Bertz CT molecular complexity index is 746. The molecule has 1 aromatic carbocycles. The van der Waals surface area contributed by atoms with E-state index in [0.29, 0.717) is 5.25 Å². The summed E-state index contributed by atoms with van der Waals surface area (Å²) < 4.78 is 0. The number of nitrogens with one attached hydrogen (secondary N) is 1. The molecular formula is C22H30N2O2S. The van der Waals surface area contributed by atoms with Gasteiger partial charge in [-0.15, -0.1) is 11.8 Å². The maximum atomic E-state index is 12.9. The fourth-order valence-corrected chi connectivity index (χ4v) is 5.36. The zero-order valence-electron chi connectivity index (χ0n) is 16.7. The highest BCUT2D eigenvalue weighted by molar-refractivity contribution is 8.04. The number of hydrogen-bond donors (Lipinski definition) is 1. The van der Waals surface area contributed by atoms with Gasteiger partial charge in [-0.1, -0.05) is 31.2 Å². The maximum Gasteiger partial charge on any atom is 0.260 e. The van der Waals surface area contributed by atoms with Gasteiger partial charge < -0.3 is 10.2 Å². The number of likely N-dealkylation sites (N-methyl/N-ethyl adjacent to an activating group) is 1. The first kappa shape index (κ1) is 20.0. The lowest BCUT2D eigenvalue weighted by Gasteiger charge is -2.44. The van der Waals surface area contributed by atoms with Crippen LogP contribution in [0.15, 0.2) is 29.2 Å². The van der Waals surface area contributed by atoms with Gasteiger partial charge in [-0.2, -0.15) is 0 Å². The molecule has 1 N–H and O–H groups in total. The molecule has 0 radical (unpaired) electrons. The maximum absolute atomic E-state index is 12.9. The van der Waals surface area contributed by atoms with E-state index in [9.17, 15) is 9.59 Å². The molecule has 3 rings (SSSR count). The van der Waals surface area contributed by atoms with Crippen molar-refractivity contribution in [2.45, 2.75) is 63.8 Å². The van der Waals surface area contributed by atoms with Crippen molar-refractivity contribution >= 4 is 29.7 Å². The minimum absolute atomic E-state index is 0.0120. The van der Waals surface area contributed by atoms with Crippen LogP contribution in [0.2, 0.25) is 0 Å². The Labute approximate surface area is 166 Å². The van der Waals surface area contributed by atoms with Crippen molar-refractivity contribution in [2.75, 3.05) is 7.05 Å². The predicted octanol–water partition coefficient (Wildman–Crippen LogP) is 3.99. The molecule has 4 atom stereocenters. The highest BCUT2D eigenvalue weighted by Gasteiger charge is 2.42. The summed E-state index contributed by atoms with van der Waals surface area (Å²) in [5.74, 6) is 0.236. The van der Waals surface area contributed by atoms with E-state index in [1.165, 1.54) is 5.56 Å². The van der Waals surface area contributed by atoms with Crippen LogP contribution in [0.1, 0.15) is 50.7 Å². The molecule has 2 amide bonds. The minimum atomic E-state index is 0.0120. The Morgan fingerprint density at radius 2 is 2.11 bits per heavy atom. The molecule has 1 heterocycles. The van der Waals surface area contributed by atoms with E-state index < -0.39 is 0 Å². The van der Waals surface area contributed by atoms with E-state index in [1.807, 2.05) is 37.1 Å². The van der Waals surface area contributed by atoms with E-state index in [4.69, 9.17) is 0 Å². The summed E-state index contributed by atoms with van der Waals surface area (Å²) in [6.07, 6.45) is 5.59. The number of hydrogen-bond acceptors (Lipinski definition) is 3. The van der Waals surface area contributed by atoms with Crippen LogP contribution in [0, 0.1) is 12.8 Å². The molecule has 1 aromatic rings. The van der Waals surface area contributed by atoms with Gasteiger partial charge >= 0.3 is 0 Å². The van der Waals surface area contributed by atoms with Gasteiger partial charge in [-0.3, -0.25) is 9.59 Å². The zero-order chi connectivity index (χ0) is 19.6. The average molecular weight is 387 g/mol. The number of aryl methyl sites for hydroxylation is 1. The summed E-state index contributed by atoms with van der Waals surface area (Å²) in [6.45, 7) is 6.19. The van der Waals surface area contributed by atoms with Crippen LogP contribution in [0.5, 0.6) is 0 Å². The Balaban J connectivity index is 1.73. The van der Waals surface area contributed by atoms with E-state index >= 15 is 0 Å². The van der Waals surface area contributed by atoms with Gasteiger partial charge in [-0.25, -0.2) is 0 Å². The fourth-order valence-electron chi connectivity index (χ4n) is 3.89. The average Bonchev–Trinajstić information content (AvgIpc) is 2.67. The molecule has 27 heavy (non-hydrogen) atoms. The lowest BCUT2D eigenvalue weighted by molar-refractivity contribution is -0.132. The first-order valence-electron chi connectivity index (χ1n) is 9.92. The lowest BCUT2D eigenvalue weighted by Crippen LogP contribution is -2.52. The summed E-state index contributed by atoms with van der Waals surface area (Å²) in [4.78, 5) is 28.2. The van der Waals surface area contributed by atoms with Gasteiger partial charge in [-0.05, 0) is 56.7 Å². The third-order valence-electron chi connectivity index (χ3n) is 5.91. The van der Waals surface area contributed by atoms with Crippen molar-refractivity contribution in [1.82, 2.24) is 10.2 Å². The molecule has 0 spiro atoms. The molecule has 5 heteroatoms. The van der Waals surface area contributed by atoms with Crippen LogP contribution in [-0.2, 0) is 9.59 Å². The second kappa shape index (κ2) is 8.51. The van der Waals surface area contributed by atoms with Crippen LogP contribution < -0.4 is 5.32 Å². The molecular weight excluding hydrogens is 356 g/mol. The second-order valence-electron chi connectivity index (χ2n) is 7.83. The third kappa shape index (κ3) is 4.40. The topological polar surface area (TPSA) is 49.4 Å². The molecule has 1 saturated heterocycles. The van der Waals surface area contributed by atoms with Crippen molar-refractivity contribution < 1.29 is 9.59 Å². The Morgan fingerprint density at radius 1 is 1.37 bits per heavy atom. The molecule has 2 fully saturated rings. The SMILES string of the molecule is CCC(C)NC(=O)C1CCC2S/C(=C\c3ccccc3C)C(=O)N(C)C2C1. The third-order valence-corrected chi connectivity index (χ3v) is 7.31. The first-order chi connectivity index (χ1) is 12.9. The Morgan fingerprint density at radius 3 is 2.81 bits per heavy atom. The molecule has 4 nitrogen and oxygen atoms in total. The summed E-state index contributed by atoms with van der Waals surface area (Å²) in [5, 5.41) is 3.48. The van der Waals surface area contributed by atoms with Crippen LogP contribution in [0.3, 0.4) is 0 Å². The lowest BCUT2D eigenvalue weighted by atomic mass is 9.83. The van der Waals surface area contributed by atoms with Crippen LogP contribution in [0.4, 0.5) is 0 Å². The molecule has 1 aliphatic carbocycles. The number of fused-ring (bicyclic) bond motifs is 1. The molecule has 0 aromatic heterocycles. The molecule has 1 saturated carbocycles. The largest absolute Gasteiger partial charge is 0.353 e. The van der Waals surface area contributed by atoms with Crippen molar-refractivity contribution in [3.8, 4) is 0 Å². The quantitative estimate of drug-likeness (QED) is 0.796. The molecule has 1 aliphatic heterocycles. The fraction of sp³-hybridized carbons (Fsp3) is 0.545. The van der Waals surface area contributed by atoms with E-state index in [1.54, 1.807) is 11.8 Å². The Kier molecular flexibility index (Phi) is 6.30. The van der Waals surface area contributed by atoms with E-state index in [-0.39, 0.29) is 29.8 Å². The number of benzene rings is 1. The van der Waals surface area contributed by atoms with Gasteiger partial charge in [0.15, 0.2) is 0 Å². The van der Waals surface area contributed by atoms with Crippen LogP contribution >= 0.6 is 11.8 Å². The molecule has 0 bridgehead atoms. The minimum Gasteiger partial charge on any atom is -0.353 e. The summed E-state index contributed by atoms with van der Waals surface area (Å²) >= 11 is 1.70. The zero-order valence-corrected chi connectivity index (χ0v) is 17.5. The normalized spacial score (nSPS) is 28.0. The number of rotatable bonds is 4. The highest BCUT2D eigenvalue weighted by atomic mass is 32.2. The van der Waals surface area contributed by atoms with Gasteiger partial charge in [0, 0.05) is 30.3 Å². The van der Waals surface area contributed by atoms with Crippen molar-refractivity contribution in [1.29, 1.82) is 0 Å². The van der Waals surface area contributed by atoms with Gasteiger partial charge in [0.05, 0.1) is 4.91 Å². The molecule has 146 valence electrons. The van der Waals surface area contributed by atoms with Crippen LogP contribution in [-0.4, -0.2) is 41.1 Å². The van der Waals surface area contributed by atoms with Gasteiger partial charge in [0.2, 0.25) is 5.91 Å². The van der Waals surface area contributed by atoms with Crippen molar-refractivity contribution in [3.05, 3.63) is 40.3 Å². The number of thioether (sulfide) groups is 1. The predicted molar refractivity (Wildman–Crippen MR) is 112 cm³/mol. The van der Waals surface area contributed by atoms with Gasteiger partial charge in [0.1, 0.15) is 0 Å². The molecule has 4 unspecified atom stereocenters. The number of carbonyl (C=O) groups excluding carboxylic acids is 2. The second-order valence-corrected chi connectivity index (χ2v) is 9.11. The van der Waals surface area contributed by atoms with E-state index in [2.05, 4.69) is 31.3 Å². The van der Waals surface area contributed by atoms with E-state index in [0.717, 1.165) is 36.2 Å².